The van der Waals surface area contributed by atoms with Gasteiger partial charge in [-0.3, -0.25) is 14.5 Å². The van der Waals surface area contributed by atoms with E-state index in [4.69, 9.17) is 9.47 Å². The predicted molar refractivity (Wildman–Crippen MR) is 114 cm³/mol. The van der Waals surface area contributed by atoms with Gasteiger partial charge in [0.1, 0.15) is 5.75 Å². The Morgan fingerprint density at radius 1 is 0.931 bits per heavy atom. The van der Waals surface area contributed by atoms with Crippen LogP contribution in [0.25, 0.3) is 0 Å². The van der Waals surface area contributed by atoms with Crippen molar-refractivity contribution in [2.45, 2.75) is 13.5 Å². The van der Waals surface area contributed by atoms with Crippen molar-refractivity contribution in [1.29, 1.82) is 0 Å². The molecular weight excluding hydrogens is 390 g/mol. The van der Waals surface area contributed by atoms with Crippen LogP contribution in [0.1, 0.15) is 12.5 Å². The fourth-order valence-electron chi connectivity index (χ4n) is 3.49. The van der Waals surface area contributed by atoms with E-state index in [-0.39, 0.29) is 11.8 Å². The van der Waals surface area contributed by atoms with Crippen LogP contribution < -0.4 is 4.74 Å². The average Bonchev–Trinajstić information content (AvgIpc) is 2.76. The molecule has 0 saturated carbocycles. The van der Waals surface area contributed by atoms with Crippen LogP contribution in [0.15, 0.2) is 24.3 Å². The third-order valence-corrected chi connectivity index (χ3v) is 6.08. The van der Waals surface area contributed by atoms with Crippen LogP contribution in [0.4, 0.5) is 0 Å². The number of carbonyl (C=O) groups excluding carboxylic acids is 2. The highest BCUT2D eigenvalue weighted by Gasteiger charge is 2.22. The summed E-state index contributed by atoms with van der Waals surface area (Å²) < 4.78 is 10.7. The van der Waals surface area contributed by atoms with Gasteiger partial charge in [0, 0.05) is 45.8 Å². The molecule has 2 saturated heterocycles. The van der Waals surface area contributed by atoms with Crippen molar-refractivity contribution in [2.24, 2.45) is 0 Å². The lowest BCUT2D eigenvalue weighted by molar-refractivity contribution is -0.132. The molecular formula is C21H31N3O4S. The molecule has 0 spiro atoms. The third kappa shape index (κ3) is 6.90. The van der Waals surface area contributed by atoms with Gasteiger partial charge in [-0.2, -0.15) is 0 Å². The van der Waals surface area contributed by atoms with E-state index in [2.05, 4.69) is 17.0 Å². The Balaban J connectivity index is 1.33. The zero-order chi connectivity index (χ0) is 20.5. The normalized spacial score (nSPS) is 18.0. The summed E-state index contributed by atoms with van der Waals surface area (Å²) in [5, 5.41) is 0. The standard InChI is InChI=1S/C21H31N3O4S/c1-2-28-19-5-3-18(4-6-19)15-22-7-9-23(10-8-22)20(25)16-29-17-21(26)24-11-13-27-14-12-24/h3-6H,2,7-17H2,1H3. The molecule has 0 radical (unpaired) electrons. The van der Waals surface area contributed by atoms with Crippen molar-refractivity contribution >= 4 is 23.6 Å². The SMILES string of the molecule is CCOc1ccc(CN2CCN(C(=O)CSCC(=O)N3CCOCC3)CC2)cc1. The number of hydrogen-bond donors (Lipinski definition) is 0. The largest absolute Gasteiger partial charge is 0.494 e. The molecule has 2 fully saturated rings. The number of thioether (sulfide) groups is 1. The molecule has 160 valence electrons. The predicted octanol–water partition coefficient (Wildman–Crippen LogP) is 1.32. The molecule has 7 nitrogen and oxygen atoms in total. The van der Waals surface area contributed by atoms with Crippen molar-refractivity contribution in [1.82, 2.24) is 14.7 Å². The topological polar surface area (TPSA) is 62.3 Å². The zero-order valence-corrected chi connectivity index (χ0v) is 18.0. The van der Waals surface area contributed by atoms with Crippen molar-refractivity contribution in [3.63, 3.8) is 0 Å². The van der Waals surface area contributed by atoms with Gasteiger partial charge in [-0.1, -0.05) is 12.1 Å². The molecule has 3 rings (SSSR count). The molecule has 1 aromatic rings. The Kier molecular flexibility index (Phi) is 8.64. The molecule has 2 amide bonds. The number of benzene rings is 1. The molecule has 0 aliphatic carbocycles. The summed E-state index contributed by atoms with van der Waals surface area (Å²) in [6.45, 7) is 9.30. The molecule has 0 N–H and O–H groups in total. The first kappa shape index (κ1) is 21.9. The first-order chi connectivity index (χ1) is 14.2. The van der Waals surface area contributed by atoms with Crippen LogP contribution >= 0.6 is 11.8 Å². The minimum Gasteiger partial charge on any atom is -0.494 e. The quantitative estimate of drug-likeness (QED) is 0.631. The van der Waals surface area contributed by atoms with Gasteiger partial charge in [0.15, 0.2) is 0 Å². The minimum atomic E-state index is 0.103. The molecule has 8 heteroatoms. The Labute approximate surface area is 177 Å². The maximum Gasteiger partial charge on any atom is 0.232 e. The van der Waals surface area contributed by atoms with E-state index >= 15 is 0 Å². The Morgan fingerprint density at radius 3 is 2.10 bits per heavy atom. The molecule has 0 bridgehead atoms. The van der Waals surface area contributed by atoms with Crippen LogP contribution in [0.2, 0.25) is 0 Å². The number of nitrogens with zero attached hydrogens (tertiary/aromatic N) is 3. The summed E-state index contributed by atoms with van der Waals surface area (Å²) in [6, 6.07) is 8.22. The molecule has 2 heterocycles. The lowest BCUT2D eigenvalue weighted by Crippen LogP contribution is -2.49. The van der Waals surface area contributed by atoms with Crippen LogP contribution in [0.3, 0.4) is 0 Å². The van der Waals surface area contributed by atoms with E-state index in [9.17, 15) is 9.59 Å². The van der Waals surface area contributed by atoms with E-state index in [1.165, 1.54) is 17.3 Å². The molecule has 2 aliphatic heterocycles. The number of ether oxygens (including phenoxy) is 2. The fraction of sp³-hybridized carbons (Fsp3) is 0.619. The maximum absolute atomic E-state index is 12.4. The van der Waals surface area contributed by atoms with E-state index in [1.54, 1.807) is 0 Å². The van der Waals surface area contributed by atoms with Crippen molar-refractivity contribution in [3.05, 3.63) is 29.8 Å². The van der Waals surface area contributed by atoms with Gasteiger partial charge in [-0.05, 0) is 24.6 Å². The molecule has 29 heavy (non-hydrogen) atoms. The van der Waals surface area contributed by atoms with Crippen LogP contribution in [-0.4, -0.2) is 97.1 Å². The second-order valence-corrected chi connectivity index (χ2v) is 8.21. The van der Waals surface area contributed by atoms with Crippen molar-refractivity contribution in [3.8, 4) is 5.75 Å². The van der Waals surface area contributed by atoms with Gasteiger partial charge in [-0.15, -0.1) is 11.8 Å². The van der Waals surface area contributed by atoms with E-state index in [0.717, 1.165) is 38.5 Å². The Morgan fingerprint density at radius 2 is 1.52 bits per heavy atom. The summed E-state index contributed by atoms with van der Waals surface area (Å²) in [5.74, 6) is 1.87. The molecule has 0 aromatic heterocycles. The lowest BCUT2D eigenvalue weighted by Gasteiger charge is -2.34. The van der Waals surface area contributed by atoms with Crippen molar-refractivity contribution < 1.29 is 19.1 Å². The van der Waals surface area contributed by atoms with Gasteiger partial charge in [0.2, 0.25) is 11.8 Å². The number of carbonyl (C=O) groups is 2. The van der Waals surface area contributed by atoms with Gasteiger partial charge in [-0.25, -0.2) is 0 Å². The highest BCUT2D eigenvalue weighted by Crippen LogP contribution is 2.15. The first-order valence-corrected chi connectivity index (χ1v) is 11.5. The fourth-order valence-corrected chi connectivity index (χ4v) is 4.31. The lowest BCUT2D eigenvalue weighted by atomic mass is 10.2. The maximum atomic E-state index is 12.4. The van der Waals surface area contributed by atoms with Gasteiger partial charge in [0.05, 0.1) is 31.3 Å². The summed E-state index contributed by atoms with van der Waals surface area (Å²) >= 11 is 1.42. The number of piperazine rings is 1. The first-order valence-electron chi connectivity index (χ1n) is 10.3. The molecule has 0 unspecified atom stereocenters. The highest BCUT2D eigenvalue weighted by atomic mass is 32.2. The van der Waals surface area contributed by atoms with E-state index in [0.29, 0.717) is 44.4 Å². The number of hydrogen-bond acceptors (Lipinski definition) is 6. The summed E-state index contributed by atoms with van der Waals surface area (Å²) in [6.07, 6.45) is 0. The monoisotopic (exact) mass is 421 g/mol. The molecule has 1 aromatic carbocycles. The summed E-state index contributed by atoms with van der Waals surface area (Å²) in [5.41, 5.74) is 1.26. The Hall–Kier alpha value is -1.77. The highest BCUT2D eigenvalue weighted by molar-refractivity contribution is 8.00. The smallest absolute Gasteiger partial charge is 0.232 e. The number of amides is 2. The van der Waals surface area contributed by atoms with Gasteiger partial charge < -0.3 is 19.3 Å². The summed E-state index contributed by atoms with van der Waals surface area (Å²) in [4.78, 5) is 30.7. The Bertz CT molecular complexity index is 656. The third-order valence-electron chi connectivity index (χ3n) is 5.18. The molecule has 2 aliphatic rings. The second kappa shape index (κ2) is 11.4. The van der Waals surface area contributed by atoms with E-state index < -0.39 is 0 Å². The zero-order valence-electron chi connectivity index (χ0n) is 17.2. The average molecular weight is 422 g/mol. The van der Waals surface area contributed by atoms with Crippen LogP contribution in [0, 0.1) is 0 Å². The van der Waals surface area contributed by atoms with Crippen LogP contribution in [-0.2, 0) is 20.9 Å². The van der Waals surface area contributed by atoms with E-state index in [1.807, 2.05) is 28.9 Å². The number of morpholine rings is 1. The summed E-state index contributed by atoms with van der Waals surface area (Å²) in [7, 11) is 0. The second-order valence-electron chi connectivity index (χ2n) is 7.22. The van der Waals surface area contributed by atoms with Gasteiger partial charge in [0.25, 0.3) is 0 Å². The minimum absolute atomic E-state index is 0.103. The van der Waals surface area contributed by atoms with Crippen LogP contribution in [0.5, 0.6) is 5.75 Å². The van der Waals surface area contributed by atoms with Gasteiger partial charge >= 0.3 is 0 Å². The van der Waals surface area contributed by atoms with Crippen molar-refractivity contribution in [2.75, 3.05) is 70.6 Å². The number of rotatable bonds is 8. The molecule has 0 atom stereocenters.